The summed E-state index contributed by atoms with van der Waals surface area (Å²) >= 11 is 0. The quantitative estimate of drug-likeness (QED) is 0.0830. The Hall–Kier alpha value is -4.87. The Balaban J connectivity index is 1.36. The summed E-state index contributed by atoms with van der Waals surface area (Å²) in [6.07, 6.45) is 8.21. The van der Waals surface area contributed by atoms with Crippen LogP contribution in [0.5, 0.6) is 0 Å². The Bertz CT molecular complexity index is 1610. The number of rotatable bonds is 13. The van der Waals surface area contributed by atoms with Crippen molar-refractivity contribution in [1.29, 1.82) is 0 Å². The fourth-order valence-electron chi connectivity index (χ4n) is 5.43. The first kappa shape index (κ1) is 35.0. The molecule has 4 N–H and O–H groups in total. The van der Waals surface area contributed by atoms with Crippen LogP contribution in [0.4, 0.5) is 0 Å². The topological polar surface area (TPSA) is 147 Å². The van der Waals surface area contributed by atoms with Crippen molar-refractivity contribution in [1.82, 2.24) is 25.7 Å². The maximum atomic E-state index is 13.5. The van der Waals surface area contributed by atoms with Crippen LogP contribution in [-0.2, 0) is 30.3 Å². The number of hydrogen-bond donors (Lipinski definition) is 3. The minimum absolute atomic E-state index is 0.0546. The van der Waals surface area contributed by atoms with Gasteiger partial charge in [0.05, 0.1) is 5.69 Å². The van der Waals surface area contributed by atoms with Crippen LogP contribution in [0, 0.1) is 0 Å². The Morgan fingerprint density at radius 1 is 1.15 bits per heavy atom. The Kier molecular flexibility index (Phi) is 12.4. The zero-order chi connectivity index (χ0) is 33.9. The first-order valence-corrected chi connectivity index (χ1v) is 15.9. The van der Waals surface area contributed by atoms with Crippen LogP contribution in [-0.4, -0.2) is 63.4 Å². The molecule has 4 atom stereocenters. The van der Waals surface area contributed by atoms with Crippen molar-refractivity contribution in [3.05, 3.63) is 96.3 Å². The first-order chi connectivity index (χ1) is 22.6. The van der Waals surface area contributed by atoms with Crippen molar-refractivity contribution in [2.75, 3.05) is 6.54 Å². The van der Waals surface area contributed by atoms with Gasteiger partial charge in [0.15, 0.2) is 0 Å². The van der Waals surface area contributed by atoms with Crippen LogP contribution in [0.3, 0.4) is 0 Å². The molecule has 248 valence electrons. The number of aryl methyl sites for hydroxylation is 1. The molecule has 0 aliphatic carbocycles. The summed E-state index contributed by atoms with van der Waals surface area (Å²) in [6, 6.07) is 14.6. The van der Waals surface area contributed by atoms with Gasteiger partial charge in [-0.1, -0.05) is 61.2 Å². The van der Waals surface area contributed by atoms with E-state index in [1.54, 1.807) is 45.2 Å². The second-order valence-corrected chi connectivity index (χ2v) is 11.7. The van der Waals surface area contributed by atoms with E-state index in [-0.39, 0.29) is 12.8 Å². The fourth-order valence-corrected chi connectivity index (χ4v) is 5.43. The van der Waals surface area contributed by atoms with Crippen LogP contribution in [0.25, 0.3) is 16.8 Å². The van der Waals surface area contributed by atoms with E-state index in [9.17, 15) is 19.2 Å². The van der Waals surface area contributed by atoms with E-state index in [0.717, 1.165) is 32.6 Å². The number of fused-ring (bicyclic) bond motifs is 1. The number of carbonyl (C=O) groups excluding carboxylic acids is 4. The Morgan fingerprint density at radius 3 is 2.64 bits per heavy atom. The summed E-state index contributed by atoms with van der Waals surface area (Å²) in [5, 5.41) is 6.96. The predicted octanol–water partition coefficient (Wildman–Crippen LogP) is 4.15. The van der Waals surface area contributed by atoms with Gasteiger partial charge in [-0.25, -0.2) is 11.3 Å². The lowest BCUT2D eigenvalue weighted by atomic mass is 10.0. The Labute approximate surface area is 275 Å². The highest BCUT2D eigenvalue weighted by atomic mass is 16.5. The minimum Gasteiger partial charge on any atom is -0.457 e. The molecule has 2 aromatic carbocycles. The summed E-state index contributed by atoms with van der Waals surface area (Å²) in [5.41, 5.74) is 5.56. The second kappa shape index (κ2) is 16.6. The standard InChI is InChI=1S/C36H44N6O5/c1-5-7-15-33(43)42(37)32(19-16-26-12-9-8-10-13-26)34(44)39-24(3)35(45)41-20-11-14-31(40-41)36(46)47-25(4)27-17-18-28-23-38-30(6-2)22-29(28)21-27/h5-10,12-13,17-18,21-25,31-32,40H,2,11,14-16,19-20,37H2,1,3-4H3,(H,39,44)/b7-5+/t24-,25+,31-,32-/m0/s1. The summed E-state index contributed by atoms with van der Waals surface area (Å²) in [6.45, 7) is 9.28. The maximum Gasteiger partial charge on any atom is 0.325 e. The van der Waals surface area contributed by atoms with E-state index in [1.165, 1.54) is 5.01 Å². The molecule has 1 aromatic heterocycles. The van der Waals surface area contributed by atoms with Crippen molar-refractivity contribution in [2.24, 2.45) is 5.84 Å². The molecule has 3 aromatic rings. The fraction of sp³-hybridized carbons (Fsp3) is 0.361. The third-order valence-corrected chi connectivity index (χ3v) is 8.21. The monoisotopic (exact) mass is 640 g/mol. The van der Waals surface area contributed by atoms with E-state index in [0.29, 0.717) is 25.8 Å². The molecule has 11 heteroatoms. The van der Waals surface area contributed by atoms with Gasteiger partial charge in [-0.2, -0.15) is 0 Å². The smallest absolute Gasteiger partial charge is 0.325 e. The van der Waals surface area contributed by atoms with E-state index in [2.05, 4.69) is 22.3 Å². The van der Waals surface area contributed by atoms with Crippen LogP contribution in [0.2, 0.25) is 0 Å². The van der Waals surface area contributed by atoms with Crippen molar-refractivity contribution in [3.63, 3.8) is 0 Å². The highest BCUT2D eigenvalue weighted by Gasteiger charge is 2.34. The van der Waals surface area contributed by atoms with Crippen LogP contribution in [0.1, 0.15) is 69.4 Å². The molecule has 2 heterocycles. The zero-order valence-corrected chi connectivity index (χ0v) is 27.2. The molecule has 1 saturated heterocycles. The molecular formula is C36H44N6O5. The molecular weight excluding hydrogens is 596 g/mol. The molecule has 0 radical (unpaired) electrons. The molecule has 1 aliphatic rings. The van der Waals surface area contributed by atoms with Crippen LogP contribution >= 0.6 is 0 Å². The van der Waals surface area contributed by atoms with E-state index in [4.69, 9.17) is 10.6 Å². The van der Waals surface area contributed by atoms with Crippen LogP contribution in [0.15, 0.2) is 79.5 Å². The lowest BCUT2D eigenvalue weighted by Crippen LogP contribution is -2.61. The number of hydrazine groups is 2. The van der Waals surface area contributed by atoms with Gasteiger partial charge in [0.1, 0.15) is 24.2 Å². The van der Waals surface area contributed by atoms with E-state index < -0.39 is 47.9 Å². The number of aromatic nitrogens is 1. The number of amides is 3. The SMILES string of the molecule is C=Cc1cc2cc([C@@H](C)OC(=O)[C@@H]3CCCN(C(=O)[C@H](C)NC(=O)[C@H](CCc4ccccc4)N(N)C(=O)C/C=C/C)N3)ccc2cn1. The van der Waals surface area contributed by atoms with E-state index in [1.807, 2.05) is 54.6 Å². The summed E-state index contributed by atoms with van der Waals surface area (Å²) in [7, 11) is 0. The number of hydrogen-bond acceptors (Lipinski definition) is 8. The summed E-state index contributed by atoms with van der Waals surface area (Å²) in [5.74, 6) is 4.31. The number of pyridine rings is 1. The Morgan fingerprint density at radius 2 is 1.91 bits per heavy atom. The number of nitrogens with zero attached hydrogens (tertiary/aromatic N) is 3. The number of ether oxygens (including phenoxy) is 1. The predicted molar refractivity (Wildman–Crippen MR) is 181 cm³/mol. The highest BCUT2D eigenvalue weighted by molar-refractivity contribution is 5.92. The largest absolute Gasteiger partial charge is 0.457 e. The molecule has 0 bridgehead atoms. The van der Waals surface area contributed by atoms with Gasteiger partial charge in [-0.15, -0.1) is 0 Å². The summed E-state index contributed by atoms with van der Waals surface area (Å²) in [4.78, 5) is 57.1. The highest BCUT2D eigenvalue weighted by Crippen LogP contribution is 2.24. The number of nitrogens with two attached hydrogens (primary N) is 1. The van der Waals surface area contributed by atoms with Gasteiger partial charge in [-0.3, -0.25) is 34.2 Å². The van der Waals surface area contributed by atoms with Crippen LogP contribution < -0.4 is 16.6 Å². The van der Waals surface area contributed by atoms with Crippen molar-refractivity contribution in [2.45, 2.75) is 77.1 Å². The normalized spacial score (nSPS) is 16.7. The molecule has 0 spiro atoms. The van der Waals surface area contributed by atoms with Gasteiger partial charge in [-0.05, 0) is 81.2 Å². The third kappa shape index (κ3) is 9.34. The number of carbonyl (C=O) groups is 4. The molecule has 0 saturated carbocycles. The van der Waals surface area contributed by atoms with Crippen molar-refractivity contribution >= 4 is 40.5 Å². The molecule has 1 aliphatic heterocycles. The van der Waals surface area contributed by atoms with Gasteiger partial charge in [0.2, 0.25) is 11.8 Å². The number of esters is 1. The first-order valence-electron chi connectivity index (χ1n) is 15.9. The average Bonchev–Trinajstić information content (AvgIpc) is 3.09. The lowest BCUT2D eigenvalue weighted by molar-refractivity contribution is -0.157. The van der Waals surface area contributed by atoms with Gasteiger partial charge >= 0.3 is 5.97 Å². The zero-order valence-electron chi connectivity index (χ0n) is 27.2. The molecule has 4 rings (SSSR count). The molecule has 47 heavy (non-hydrogen) atoms. The second-order valence-electron chi connectivity index (χ2n) is 11.7. The molecule has 3 amide bonds. The van der Waals surface area contributed by atoms with Crippen molar-refractivity contribution in [3.8, 4) is 0 Å². The minimum atomic E-state index is -0.989. The van der Waals surface area contributed by atoms with Gasteiger partial charge in [0.25, 0.3) is 5.91 Å². The van der Waals surface area contributed by atoms with Gasteiger partial charge in [0, 0.05) is 24.5 Å². The molecule has 0 unspecified atom stereocenters. The van der Waals surface area contributed by atoms with Gasteiger partial charge < -0.3 is 10.1 Å². The number of allylic oxidation sites excluding steroid dienone is 1. The van der Waals surface area contributed by atoms with Crippen molar-refractivity contribution < 1.29 is 23.9 Å². The number of benzene rings is 2. The average molecular weight is 641 g/mol. The number of nitrogens with one attached hydrogen (secondary N) is 2. The van der Waals surface area contributed by atoms with E-state index >= 15 is 0 Å². The lowest BCUT2D eigenvalue weighted by Gasteiger charge is -2.35. The molecule has 11 nitrogen and oxygen atoms in total. The summed E-state index contributed by atoms with van der Waals surface area (Å²) < 4.78 is 5.80. The molecule has 1 fully saturated rings. The maximum absolute atomic E-state index is 13.5. The third-order valence-electron chi connectivity index (χ3n) is 8.21.